The molecule has 0 atom stereocenters. The number of carbonyl (C=O) groups excluding carboxylic acids is 1. The monoisotopic (exact) mass is 275 g/mol. The van der Waals surface area contributed by atoms with Crippen LogP contribution in [-0.4, -0.2) is 13.0 Å². The van der Waals surface area contributed by atoms with Crippen molar-refractivity contribution in [1.82, 2.24) is 0 Å². The molecule has 0 bridgehead atoms. The Labute approximate surface area is 115 Å². The Morgan fingerprint density at radius 2 is 2.05 bits per heavy atom. The van der Waals surface area contributed by atoms with Crippen molar-refractivity contribution < 1.29 is 18.7 Å². The third-order valence-corrected chi connectivity index (χ3v) is 2.74. The number of nitrogens with two attached hydrogens (primary N) is 1. The molecule has 0 spiro atoms. The van der Waals surface area contributed by atoms with E-state index in [1.807, 2.05) is 0 Å². The highest BCUT2D eigenvalue weighted by Crippen LogP contribution is 2.19. The second-order valence-corrected chi connectivity index (χ2v) is 4.15. The van der Waals surface area contributed by atoms with Crippen molar-refractivity contribution in [3.05, 3.63) is 59.4 Å². The molecule has 0 fully saturated rings. The molecule has 0 aliphatic carbocycles. The predicted molar refractivity (Wildman–Crippen MR) is 72.2 cm³/mol. The van der Waals surface area contributed by atoms with Gasteiger partial charge in [-0.2, -0.15) is 0 Å². The average molecular weight is 275 g/mol. The zero-order valence-corrected chi connectivity index (χ0v) is 10.9. The van der Waals surface area contributed by atoms with E-state index in [-0.39, 0.29) is 12.4 Å². The Bertz CT molecular complexity index is 628. The summed E-state index contributed by atoms with van der Waals surface area (Å²) in [4.78, 5) is 11.0. The molecule has 5 heteroatoms. The number of amides is 1. The van der Waals surface area contributed by atoms with Crippen LogP contribution in [0.3, 0.4) is 0 Å². The first-order chi connectivity index (χ1) is 9.60. The first-order valence-corrected chi connectivity index (χ1v) is 5.95. The maximum absolute atomic E-state index is 13.5. The zero-order valence-electron chi connectivity index (χ0n) is 10.9. The Morgan fingerprint density at radius 3 is 2.70 bits per heavy atom. The van der Waals surface area contributed by atoms with Gasteiger partial charge in [-0.1, -0.05) is 12.1 Å². The van der Waals surface area contributed by atoms with Crippen molar-refractivity contribution in [3.8, 4) is 11.5 Å². The molecule has 0 aliphatic heterocycles. The summed E-state index contributed by atoms with van der Waals surface area (Å²) in [5, 5.41) is 0. The number of benzene rings is 2. The molecule has 104 valence electrons. The van der Waals surface area contributed by atoms with Crippen molar-refractivity contribution in [1.29, 1.82) is 0 Å². The summed E-state index contributed by atoms with van der Waals surface area (Å²) in [6, 6.07) is 11.1. The summed E-state index contributed by atoms with van der Waals surface area (Å²) >= 11 is 0. The molecule has 0 aliphatic rings. The number of carbonyl (C=O) groups is 1. The molecule has 20 heavy (non-hydrogen) atoms. The molecule has 0 radical (unpaired) electrons. The van der Waals surface area contributed by atoms with E-state index < -0.39 is 11.7 Å². The van der Waals surface area contributed by atoms with Crippen molar-refractivity contribution in [2.24, 2.45) is 5.73 Å². The molecule has 4 nitrogen and oxygen atoms in total. The molecule has 0 unspecified atom stereocenters. The van der Waals surface area contributed by atoms with E-state index in [0.717, 1.165) is 0 Å². The summed E-state index contributed by atoms with van der Waals surface area (Å²) < 4.78 is 23.8. The molecule has 0 saturated carbocycles. The molecule has 0 heterocycles. The lowest BCUT2D eigenvalue weighted by atomic mass is 10.2. The van der Waals surface area contributed by atoms with Crippen molar-refractivity contribution in [2.45, 2.75) is 6.61 Å². The molecule has 2 aromatic rings. The molecule has 2 N–H and O–H groups in total. The normalized spacial score (nSPS) is 10.1. The van der Waals surface area contributed by atoms with E-state index in [4.69, 9.17) is 15.2 Å². The van der Waals surface area contributed by atoms with E-state index in [1.54, 1.807) is 30.3 Å². The highest BCUT2D eigenvalue weighted by molar-refractivity contribution is 5.93. The van der Waals surface area contributed by atoms with Crippen LogP contribution in [0.15, 0.2) is 42.5 Å². The highest BCUT2D eigenvalue weighted by atomic mass is 19.1. The Morgan fingerprint density at radius 1 is 1.25 bits per heavy atom. The molecule has 2 rings (SSSR count). The van der Waals surface area contributed by atoms with Gasteiger partial charge in [0.2, 0.25) is 5.91 Å². The van der Waals surface area contributed by atoms with Crippen molar-refractivity contribution in [2.75, 3.05) is 7.11 Å². The third kappa shape index (κ3) is 3.26. The summed E-state index contributed by atoms with van der Waals surface area (Å²) in [6.45, 7) is 0.184. The van der Waals surface area contributed by atoms with Gasteiger partial charge in [0.05, 0.1) is 7.11 Å². The van der Waals surface area contributed by atoms with Crippen molar-refractivity contribution >= 4 is 5.91 Å². The number of primary amides is 1. The second-order valence-electron chi connectivity index (χ2n) is 4.15. The number of hydrogen-bond acceptors (Lipinski definition) is 3. The number of methoxy groups -OCH3 is 1. The lowest BCUT2D eigenvalue weighted by Gasteiger charge is -2.08. The van der Waals surface area contributed by atoms with Crippen LogP contribution in [0.5, 0.6) is 11.5 Å². The fourth-order valence-electron chi connectivity index (χ4n) is 1.71. The van der Waals surface area contributed by atoms with E-state index in [9.17, 15) is 9.18 Å². The number of halogens is 1. The van der Waals surface area contributed by atoms with Gasteiger partial charge in [0.15, 0.2) is 11.6 Å². The van der Waals surface area contributed by atoms with Gasteiger partial charge in [-0.15, -0.1) is 0 Å². The fraction of sp³-hybridized carbons (Fsp3) is 0.133. The Balaban J connectivity index is 2.07. The van der Waals surface area contributed by atoms with Crippen LogP contribution in [0, 0.1) is 5.82 Å². The minimum absolute atomic E-state index is 0.184. The van der Waals surface area contributed by atoms with E-state index in [1.165, 1.54) is 19.2 Å². The van der Waals surface area contributed by atoms with E-state index in [0.29, 0.717) is 16.9 Å². The number of rotatable bonds is 5. The molecule has 0 aromatic heterocycles. The number of hydrogen-bond donors (Lipinski definition) is 1. The lowest BCUT2D eigenvalue weighted by Crippen LogP contribution is -2.10. The molecule has 0 saturated heterocycles. The van der Waals surface area contributed by atoms with Crippen LogP contribution in [0.25, 0.3) is 0 Å². The van der Waals surface area contributed by atoms with Gasteiger partial charge in [0.1, 0.15) is 12.4 Å². The lowest BCUT2D eigenvalue weighted by molar-refractivity contribution is 0.1000. The third-order valence-electron chi connectivity index (χ3n) is 2.74. The molecule has 1 amide bonds. The van der Waals surface area contributed by atoms with Gasteiger partial charge in [0.25, 0.3) is 0 Å². The summed E-state index contributed by atoms with van der Waals surface area (Å²) in [5.74, 6) is -0.285. The number of ether oxygens (including phenoxy) is 2. The minimum Gasteiger partial charge on any atom is -0.494 e. The van der Waals surface area contributed by atoms with Gasteiger partial charge in [-0.25, -0.2) is 4.39 Å². The van der Waals surface area contributed by atoms with Crippen molar-refractivity contribution in [3.63, 3.8) is 0 Å². The first-order valence-electron chi connectivity index (χ1n) is 5.95. The molecular formula is C15H14FNO3. The van der Waals surface area contributed by atoms with E-state index in [2.05, 4.69) is 0 Å². The Hall–Kier alpha value is -2.56. The summed E-state index contributed by atoms with van der Waals surface area (Å²) in [6.07, 6.45) is 0. The topological polar surface area (TPSA) is 61.6 Å². The van der Waals surface area contributed by atoms with Gasteiger partial charge in [0, 0.05) is 5.56 Å². The van der Waals surface area contributed by atoms with Crippen LogP contribution in [0.1, 0.15) is 15.9 Å². The van der Waals surface area contributed by atoms with Crippen LogP contribution >= 0.6 is 0 Å². The summed E-state index contributed by atoms with van der Waals surface area (Å²) in [5.41, 5.74) is 6.21. The van der Waals surface area contributed by atoms with E-state index >= 15 is 0 Å². The van der Waals surface area contributed by atoms with Crippen LogP contribution in [0.4, 0.5) is 4.39 Å². The van der Waals surface area contributed by atoms with Crippen LogP contribution in [-0.2, 0) is 6.61 Å². The SMILES string of the molecule is COc1ccc(COc2cccc(C(N)=O)c2)cc1F. The minimum atomic E-state index is -0.522. The molecule has 2 aromatic carbocycles. The Kier molecular flexibility index (Phi) is 4.20. The maximum Gasteiger partial charge on any atom is 0.248 e. The first kappa shape index (κ1) is 13.9. The van der Waals surface area contributed by atoms with Crippen LogP contribution in [0.2, 0.25) is 0 Å². The molecular weight excluding hydrogens is 261 g/mol. The average Bonchev–Trinajstić information content (AvgIpc) is 2.45. The predicted octanol–water partition coefficient (Wildman–Crippen LogP) is 2.51. The van der Waals surface area contributed by atoms with Crippen LogP contribution < -0.4 is 15.2 Å². The largest absolute Gasteiger partial charge is 0.494 e. The van der Waals surface area contributed by atoms with Gasteiger partial charge < -0.3 is 15.2 Å². The van der Waals surface area contributed by atoms with Gasteiger partial charge in [-0.05, 0) is 35.9 Å². The second kappa shape index (κ2) is 6.06. The van der Waals surface area contributed by atoms with Gasteiger partial charge in [-0.3, -0.25) is 4.79 Å². The smallest absolute Gasteiger partial charge is 0.248 e. The quantitative estimate of drug-likeness (QED) is 0.912. The van der Waals surface area contributed by atoms with Gasteiger partial charge >= 0.3 is 0 Å². The zero-order chi connectivity index (χ0) is 14.5. The standard InChI is InChI=1S/C15H14FNO3/c1-19-14-6-5-10(7-13(14)16)9-20-12-4-2-3-11(8-12)15(17)18/h2-8H,9H2,1H3,(H2,17,18). The summed E-state index contributed by atoms with van der Waals surface area (Å²) in [7, 11) is 1.41. The fourth-order valence-corrected chi connectivity index (χ4v) is 1.71. The maximum atomic E-state index is 13.5. The highest BCUT2D eigenvalue weighted by Gasteiger charge is 2.05.